The molecule has 1 aliphatic heterocycles. The van der Waals surface area contributed by atoms with E-state index in [9.17, 15) is 0 Å². The maximum absolute atomic E-state index is 6.01. The van der Waals surface area contributed by atoms with E-state index in [-0.39, 0.29) is 5.28 Å². The summed E-state index contributed by atoms with van der Waals surface area (Å²) in [5.41, 5.74) is 0.807. The summed E-state index contributed by atoms with van der Waals surface area (Å²) in [6.07, 6.45) is 0. The van der Waals surface area contributed by atoms with Crippen LogP contribution in [0.15, 0.2) is 6.07 Å². The fourth-order valence-corrected chi connectivity index (χ4v) is 3.19. The first-order chi connectivity index (χ1) is 8.24. The Bertz CT molecular complexity index is 554. The fraction of sp³-hybridized carbons (Fsp3) is 0.400. The van der Waals surface area contributed by atoms with Crippen LogP contribution in [0.3, 0.4) is 0 Å². The molecule has 0 aliphatic carbocycles. The van der Waals surface area contributed by atoms with Crippen molar-refractivity contribution in [1.29, 1.82) is 0 Å². The number of ether oxygens (including phenoxy) is 1. The number of anilines is 1. The number of hydrogen-bond donors (Lipinski definition) is 0. The Hall–Kier alpha value is -0.620. The van der Waals surface area contributed by atoms with Gasteiger partial charge in [-0.3, -0.25) is 0 Å². The van der Waals surface area contributed by atoms with Gasteiger partial charge in [-0.05, 0) is 17.7 Å². The molecule has 0 bridgehead atoms. The number of thiophene rings is 1. The quantitative estimate of drug-likeness (QED) is 0.757. The van der Waals surface area contributed by atoms with Crippen molar-refractivity contribution in [1.82, 2.24) is 9.97 Å². The summed E-state index contributed by atoms with van der Waals surface area (Å²) in [7, 11) is 0. The zero-order valence-electron chi connectivity index (χ0n) is 8.82. The van der Waals surface area contributed by atoms with Crippen molar-refractivity contribution < 1.29 is 4.74 Å². The largest absolute Gasteiger partial charge is 0.378 e. The molecule has 0 radical (unpaired) electrons. The Kier molecular flexibility index (Phi) is 3.08. The van der Waals surface area contributed by atoms with Gasteiger partial charge in [0.2, 0.25) is 5.28 Å². The first-order valence-electron chi connectivity index (χ1n) is 5.19. The minimum atomic E-state index is 0.258. The molecule has 0 saturated carbocycles. The second-order valence-corrected chi connectivity index (χ2v) is 5.70. The molecule has 0 spiro atoms. The van der Waals surface area contributed by atoms with Gasteiger partial charge in [0.1, 0.15) is 0 Å². The van der Waals surface area contributed by atoms with Gasteiger partial charge in [0.15, 0.2) is 5.82 Å². The van der Waals surface area contributed by atoms with Crippen molar-refractivity contribution >= 4 is 50.6 Å². The van der Waals surface area contributed by atoms with Gasteiger partial charge in [-0.2, -0.15) is 4.98 Å². The molecule has 3 rings (SSSR count). The van der Waals surface area contributed by atoms with Gasteiger partial charge in [0.05, 0.1) is 27.8 Å². The van der Waals surface area contributed by atoms with Gasteiger partial charge in [0, 0.05) is 13.1 Å². The summed E-state index contributed by atoms with van der Waals surface area (Å²) < 4.78 is 7.02. The van der Waals surface area contributed by atoms with Gasteiger partial charge < -0.3 is 9.64 Å². The van der Waals surface area contributed by atoms with Crippen LogP contribution in [0.25, 0.3) is 10.2 Å². The normalized spacial score (nSPS) is 16.7. The van der Waals surface area contributed by atoms with Gasteiger partial charge in [-0.1, -0.05) is 11.6 Å². The highest BCUT2D eigenvalue weighted by molar-refractivity contribution is 7.23. The number of aromatic nitrogens is 2. The molecular weight excluding hydrogens is 281 g/mol. The summed E-state index contributed by atoms with van der Waals surface area (Å²) in [6.45, 7) is 3.06. The van der Waals surface area contributed by atoms with Crippen LogP contribution >= 0.6 is 34.5 Å². The third kappa shape index (κ3) is 2.20. The molecule has 1 aliphatic rings. The van der Waals surface area contributed by atoms with E-state index in [0.29, 0.717) is 17.6 Å². The van der Waals surface area contributed by atoms with Crippen LogP contribution in [0, 0.1) is 0 Å². The van der Waals surface area contributed by atoms with E-state index in [1.54, 1.807) is 0 Å². The predicted octanol–water partition coefficient (Wildman–Crippen LogP) is 2.83. The number of rotatable bonds is 1. The molecule has 7 heteroatoms. The van der Waals surface area contributed by atoms with Crippen molar-refractivity contribution in [2.45, 2.75) is 0 Å². The predicted molar refractivity (Wildman–Crippen MR) is 70.5 cm³/mol. The molecule has 0 N–H and O–H groups in total. The molecule has 1 fully saturated rings. The Morgan fingerprint density at radius 3 is 2.76 bits per heavy atom. The SMILES string of the molecule is Clc1nc(N2CCOCC2)c2sc(Cl)cc2n1. The highest BCUT2D eigenvalue weighted by Crippen LogP contribution is 2.35. The van der Waals surface area contributed by atoms with E-state index in [1.807, 2.05) is 6.07 Å². The molecule has 0 aromatic carbocycles. The minimum Gasteiger partial charge on any atom is -0.378 e. The first kappa shape index (κ1) is 11.5. The van der Waals surface area contributed by atoms with Gasteiger partial charge in [0.25, 0.3) is 0 Å². The standard InChI is InChI=1S/C10H9Cl2N3OS/c11-7-5-6-8(17-7)9(14-10(12)13-6)15-1-3-16-4-2-15/h5H,1-4H2. The Morgan fingerprint density at radius 1 is 1.24 bits per heavy atom. The summed E-state index contributed by atoms with van der Waals surface area (Å²) in [5, 5.41) is 0.258. The monoisotopic (exact) mass is 289 g/mol. The number of halogens is 2. The first-order valence-corrected chi connectivity index (χ1v) is 6.76. The van der Waals surface area contributed by atoms with Crippen LogP contribution in [0.5, 0.6) is 0 Å². The van der Waals surface area contributed by atoms with Crippen LogP contribution in [-0.2, 0) is 4.74 Å². The van der Waals surface area contributed by atoms with E-state index < -0.39 is 0 Å². The molecule has 0 atom stereocenters. The lowest BCUT2D eigenvalue weighted by Crippen LogP contribution is -2.36. The number of fused-ring (bicyclic) bond motifs is 1. The molecule has 2 aromatic rings. The number of hydrogen-bond acceptors (Lipinski definition) is 5. The molecule has 2 aromatic heterocycles. The van der Waals surface area contributed by atoms with E-state index in [4.69, 9.17) is 27.9 Å². The van der Waals surface area contributed by atoms with Crippen molar-refractivity contribution in [3.8, 4) is 0 Å². The van der Waals surface area contributed by atoms with Gasteiger partial charge in [-0.25, -0.2) is 4.98 Å². The molecule has 0 unspecified atom stereocenters. The summed E-state index contributed by atoms with van der Waals surface area (Å²) in [4.78, 5) is 10.6. The molecule has 17 heavy (non-hydrogen) atoms. The Balaban J connectivity index is 2.12. The third-order valence-corrected chi connectivity index (χ3v) is 4.03. The second-order valence-electron chi connectivity index (χ2n) is 3.68. The van der Waals surface area contributed by atoms with E-state index in [2.05, 4.69) is 14.9 Å². The maximum atomic E-state index is 6.01. The lowest BCUT2D eigenvalue weighted by molar-refractivity contribution is 0.122. The second kappa shape index (κ2) is 4.57. The molecule has 0 amide bonds. The van der Waals surface area contributed by atoms with Crippen LogP contribution in [0.2, 0.25) is 9.62 Å². The van der Waals surface area contributed by atoms with Crippen molar-refractivity contribution in [2.24, 2.45) is 0 Å². The average Bonchev–Trinajstić information content (AvgIpc) is 2.69. The number of nitrogens with zero attached hydrogens (tertiary/aromatic N) is 3. The molecule has 3 heterocycles. The van der Waals surface area contributed by atoms with Gasteiger partial charge >= 0.3 is 0 Å². The van der Waals surface area contributed by atoms with Crippen LogP contribution in [0.4, 0.5) is 5.82 Å². The lowest BCUT2D eigenvalue weighted by atomic mass is 10.3. The third-order valence-electron chi connectivity index (χ3n) is 2.61. The van der Waals surface area contributed by atoms with Gasteiger partial charge in [-0.15, -0.1) is 11.3 Å². The minimum absolute atomic E-state index is 0.258. The van der Waals surface area contributed by atoms with E-state index >= 15 is 0 Å². The average molecular weight is 290 g/mol. The highest BCUT2D eigenvalue weighted by Gasteiger charge is 2.18. The summed E-state index contributed by atoms with van der Waals surface area (Å²) in [6, 6.07) is 1.82. The maximum Gasteiger partial charge on any atom is 0.224 e. The Morgan fingerprint density at radius 2 is 2.00 bits per heavy atom. The van der Waals surface area contributed by atoms with E-state index in [0.717, 1.165) is 29.1 Å². The molecule has 90 valence electrons. The van der Waals surface area contributed by atoms with Crippen molar-refractivity contribution in [2.75, 3.05) is 31.2 Å². The zero-order chi connectivity index (χ0) is 11.8. The van der Waals surface area contributed by atoms with E-state index in [1.165, 1.54) is 11.3 Å². The summed E-state index contributed by atoms with van der Waals surface area (Å²) in [5.74, 6) is 0.861. The van der Waals surface area contributed by atoms with Crippen LogP contribution in [-0.4, -0.2) is 36.3 Å². The molecular formula is C10H9Cl2N3OS. The smallest absolute Gasteiger partial charge is 0.224 e. The van der Waals surface area contributed by atoms with Crippen molar-refractivity contribution in [3.05, 3.63) is 15.7 Å². The number of morpholine rings is 1. The molecule has 4 nitrogen and oxygen atoms in total. The van der Waals surface area contributed by atoms with Crippen LogP contribution in [0.1, 0.15) is 0 Å². The van der Waals surface area contributed by atoms with Crippen LogP contribution < -0.4 is 4.90 Å². The van der Waals surface area contributed by atoms with Crippen molar-refractivity contribution in [3.63, 3.8) is 0 Å². The Labute approximate surface area is 112 Å². The topological polar surface area (TPSA) is 38.2 Å². The fourth-order valence-electron chi connectivity index (χ4n) is 1.85. The highest BCUT2D eigenvalue weighted by atomic mass is 35.5. The lowest BCUT2D eigenvalue weighted by Gasteiger charge is -2.28. The zero-order valence-corrected chi connectivity index (χ0v) is 11.1. The molecule has 1 saturated heterocycles. The summed E-state index contributed by atoms with van der Waals surface area (Å²) >= 11 is 13.4.